The molecule has 9 nitrogen and oxygen atoms in total. The quantitative estimate of drug-likeness (QED) is 0.373. The van der Waals surface area contributed by atoms with E-state index in [-0.39, 0.29) is 16.3 Å². The molecule has 0 unspecified atom stereocenters. The van der Waals surface area contributed by atoms with Gasteiger partial charge < -0.3 is 14.5 Å². The molecule has 0 fully saturated rings. The van der Waals surface area contributed by atoms with Crippen molar-refractivity contribution in [1.29, 1.82) is 0 Å². The lowest BCUT2D eigenvalue weighted by molar-refractivity contribution is -0.384. The number of furan rings is 1. The number of hydrogen-bond acceptors (Lipinski definition) is 7. The van der Waals surface area contributed by atoms with Crippen molar-refractivity contribution in [2.75, 3.05) is 25.5 Å². The summed E-state index contributed by atoms with van der Waals surface area (Å²) >= 11 is 0. The Morgan fingerprint density at radius 1 is 1.32 bits per heavy atom. The molecular weight excluding hydrogens is 350 g/mol. The molecule has 2 N–H and O–H groups in total. The predicted molar refractivity (Wildman–Crippen MR) is 90.8 cm³/mol. The second-order valence-electron chi connectivity index (χ2n) is 5.06. The zero-order chi connectivity index (χ0) is 18.3. The van der Waals surface area contributed by atoms with Gasteiger partial charge in [0, 0.05) is 19.2 Å². The summed E-state index contributed by atoms with van der Waals surface area (Å²) in [5, 5.41) is 14.1. The molecule has 0 saturated heterocycles. The van der Waals surface area contributed by atoms with E-state index in [2.05, 4.69) is 10.0 Å². The highest BCUT2D eigenvalue weighted by molar-refractivity contribution is 7.89. The van der Waals surface area contributed by atoms with Crippen LogP contribution >= 0.6 is 0 Å². The van der Waals surface area contributed by atoms with Gasteiger partial charge in [-0.05, 0) is 37.7 Å². The highest BCUT2D eigenvalue weighted by Gasteiger charge is 2.20. The smallest absolute Gasteiger partial charge is 0.293 e. The molecule has 1 heterocycles. The van der Waals surface area contributed by atoms with Crippen LogP contribution in [-0.4, -0.2) is 33.5 Å². The van der Waals surface area contributed by atoms with Crippen molar-refractivity contribution in [3.8, 4) is 0 Å². The number of benzene rings is 1. The van der Waals surface area contributed by atoms with Crippen molar-refractivity contribution < 1.29 is 22.5 Å². The first-order valence-corrected chi connectivity index (χ1v) is 8.98. The normalized spacial score (nSPS) is 11.4. The van der Waals surface area contributed by atoms with Crippen molar-refractivity contribution >= 4 is 21.4 Å². The Labute approximate surface area is 145 Å². The van der Waals surface area contributed by atoms with Crippen molar-refractivity contribution in [2.45, 2.75) is 17.9 Å². The number of nitro benzene ring substituents is 1. The largest absolute Gasteiger partial charge is 0.467 e. The summed E-state index contributed by atoms with van der Waals surface area (Å²) in [5.74, 6) is 0.727. The van der Waals surface area contributed by atoms with Crippen LogP contribution in [0, 0.1) is 10.1 Å². The third-order valence-electron chi connectivity index (χ3n) is 3.35. The van der Waals surface area contributed by atoms with Crippen LogP contribution in [0.15, 0.2) is 45.9 Å². The SMILES string of the molecule is CNS(=O)(=O)c1ccc(NCCCOCc2ccco2)c([N+](=O)[O-])c1. The van der Waals surface area contributed by atoms with Crippen LogP contribution in [-0.2, 0) is 21.4 Å². The van der Waals surface area contributed by atoms with Gasteiger partial charge in [-0.2, -0.15) is 0 Å². The Hall–Kier alpha value is -2.43. The molecule has 1 aromatic carbocycles. The molecule has 25 heavy (non-hydrogen) atoms. The Balaban J connectivity index is 1.89. The second kappa shape index (κ2) is 8.60. The number of rotatable bonds is 10. The van der Waals surface area contributed by atoms with Gasteiger partial charge in [0.05, 0.1) is 16.1 Å². The molecule has 1 aromatic heterocycles. The Kier molecular flexibility index (Phi) is 6.51. The Bertz CT molecular complexity index is 805. The van der Waals surface area contributed by atoms with E-state index in [9.17, 15) is 18.5 Å². The van der Waals surface area contributed by atoms with Crippen molar-refractivity contribution in [3.05, 3.63) is 52.5 Å². The molecule has 2 rings (SSSR count). The van der Waals surface area contributed by atoms with Crippen LogP contribution in [0.1, 0.15) is 12.2 Å². The molecule has 136 valence electrons. The van der Waals surface area contributed by atoms with Crippen molar-refractivity contribution in [3.63, 3.8) is 0 Å². The standard InChI is InChI=1S/C15H19N3O6S/c1-16-25(21,22)13-5-6-14(15(10-13)18(19)20)17-7-3-8-23-11-12-4-2-9-24-12/h2,4-6,9-10,16-17H,3,7-8,11H2,1H3. The predicted octanol–water partition coefficient (Wildman–Crippen LogP) is 2.11. The molecule has 0 saturated carbocycles. The topological polar surface area (TPSA) is 124 Å². The Morgan fingerprint density at radius 3 is 2.76 bits per heavy atom. The minimum atomic E-state index is -3.74. The van der Waals surface area contributed by atoms with Gasteiger partial charge in [0.25, 0.3) is 5.69 Å². The summed E-state index contributed by atoms with van der Waals surface area (Å²) in [5.41, 5.74) is -0.0427. The first kappa shape index (κ1) is 18.9. The molecule has 0 aliphatic rings. The maximum absolute atomic E-state index is 11.7. The molecule has 0 atom stereocenters. The van der Waals surface area contributed by atoms with Crippen molar-refractivity contribution in [2.24, 2.45) is 0 Å². The summed E-state index contributed by atoms with van der Waals surface area (Å²) < 4.78 is 36.1. The van der Waals surface area contributed by atoms with E-state index in [1.54, 1.807) is 12.3 Å². The Morgan fingerprint density at radius 2 is 2.12 bits per heavy atom. The fourth-order valence-corrected chi connectivity index (χ4v) is 2.81. The number of hydrogen-bond donors (Lipinski definition) is 2. The lowest BCUT2D eigenvalue weighted by atomic mass is 10.2. The van der Waals surface area contributed by atoms with E-state index in [4.69, 9.17) is 9.15 Å². The minimum absolute atomic E-state index is 0.158. The van der Waals surface area contributed by atoms with Crippen LogP contribution in [0.4, 0.5) is 11.4 Å². The van der Waals surface area contributed by atoms with Crippen LogP contribution < -0.4 is 10.0 Å². The average molecular weight is 369 g/mol. The summed E-state index contributed by atoms with van der Waals surface area (Å²) in [6, 6.07) is 7.31. The third-order valence-corrected chi connectivity index (χ3v) is 4.76. The molecule has 0 spiro atoms. The monoisotopic (exact) mass is 369 g/mol. The van der Waals surface area contributed by atoms with E-state index in [1.165, 1.54) is 19.2 Å². The highest BCUT2D eigenvalue weighted by atomic mass is 32.2. The number of nitro groups is 1. The number of ether oxygens (including phenoxy) is 1. The first-order valence-electron chi connectivity index (χ1n) is 7.50. The summed E-state index contributed by atoms with van der Waals surface area (Å²) in [6.07, 6.45) is 2.19. The summed E-state index contributed by atoms with van der Waals surface area (Å²) in [6.45, 7) is 1.26. The van der Waals surface area contributed by atoms with Crippen LogP contribution in [0.3, 0.4) is 0 Å². The maximum atomic E-state index is 11.7. The van der Waals surface area contributed by atoms with E-state index in [0.717, 1.165) is 11.8 Å². The van der Waals surface area contributed by atoms with Gasteiger partial charge in [-0.25, -0.2) is 13.1 Å². The van der Waals surface area contributed by atoms with E-state index < -0.39 is 14.9 Å². The zero-order valence-corrected chi connectivity index (χ0v) is 14.4. The molecule has 0 aliphatic heterocycles. The van der Waals surface area contributed by atoms with Crippen LogP contribution in [0.2, 0.25) is 0 Å². The van der Waals surface area contributed by atoms with Gasteiger partial charge in [-0.3, -0.25) is 10.1 Å². The zero-order valence-electron chi connectivity index (χ0n) is 13.6. The minimum Gasteiger partial charge on any atom is -0.467 e. The average Bonchev–Trinajstić information content (AvgIpc) is 3.11. The maximum Gasteiger partial charge on any atom is 0.293 e. The van der Waals surface area contributed by atoms with Crippen molar-refractivity contribution in [1.82, 2.24) is 4.72 Å². The number of sulfonamides is 1. The van der Waals surface area contributed by atoms with Gasteiger partial charge in [-0.15, -0.1) is 0 Å². The molecule has 0 bridgehead atoms. The van der Waals surface area contributed by atoms with Gasteiger partial charge in [0.1, 0.15) is 18.1 Å². The lowest BCUT2D eigenvalue weighted by Crippen LogP contribution is -2.18. The highest BCUT2D eigenvalue weighted by Crippen LogP contribution is 2.27. The molecular formula is C15H19N3O6S. The molecule has 2 aromatic rings. The number of anilines is 1. The number of nitrogens with one attached hydrogen (secondary N) is 2. The van der Waals surface area contributed by atoms with Crippen LogP contribution in [0.25, 0.3) is 0 Å². The summed E-state index contributed by atoms with van der Waals surface area (Å²) in [7, 11) is -2.49. The van der Waals surface area contributed by atoms with E-state index in [0.29, 0.717) is 26.2 Å². The molecule has 0 amide bonds. The fraction of sp³-hybridized carbons (Fsp3) is 0.333. The van der Waals surface area contributed by atoms with E-state index >= 15 is 0 Å². The second-order valence-corrected chi connectivity index (χ2v) is 6.94. The molecule has 10 heteroatoms. The van der Waals surface area contributed by atoms with Gasteiger partial charge in [0.2, 0.25) is 10.0 Å². The van der Waals surface area contributed by atoms with Gasteiger partial charge in [0.15, 0.2) is 0 Å². The van der Waals surface area contributed by atoms with E-state index in [1.807, 2.05) is 6.07 Å². The molecule has 0 aliphatic carbocycles. The number of nitrogens with zero attached hydrogens (tertiary/aromatic N) is 1. The lowest BCUT2D eigenvalue weighted by Gasteiger charge is -2.09. The molecule has 0 radical (unpaired) electrons. The van der Waals surface area contributed by atoms with Gasteiger partial charge >= 0.3 is 0 Å². The third kappa shape index (κ3) is 5.28. The van der Waals surface area contributed by atoms with Gasteiger partial charge in [-0.1, -0.05) is 0 Å². The van der Waals surface area contributed by atoms with Crippen LogP contribution in [0.5, 0.6) is 0 Å². The fourth-order valence-electron chi connectivity index (χ4n) is 2.06. The first-order chi connectivity index (χ1) is 11.9. The summed E-state index contributed by atoms with van der Waals surface area (Å²) in [4.78, 5) is 10.4.